The fraction of sp³-hybridized carbons (Fsp3) is 0.125. The molecule has 0 spiro atoms. The van der Waals surface area contributed by atoms with Crippen molar-refractivity contribution in [2.75, 3.05) is 0 Å². The van der Waals surface area contributed by atoms with E-state index < -0.39 is 0 Å². The zero-order valence-corrected chi connectivity index (χ0v) is 12.4. The van der Waals surface area contributed by atoms with Gasteiger partial charge < -0.3 is 4.40 Å². The maximum absolute atomic E-state index is 13.0. The maximum Gasteiger partial charge on any atom is 0.204 e. The molecular weight excluding hydrogens is 295 g/mol. The molecule has 23 heavy (non-hydrogen) atoms. The van der Waals surface area contributed by atoms with Crippen LogP contribution in [0.2, 0.25) is 0 Å². The lowest BCUT2D eigenvalue weighted by molar-refractivity contribution is 0.566. The third-order valence-corrected chi connectivity index (χ3v) is 3.51. The summed E-state index contributed by atoms with van der Waals surface area (Å²) < 4.78 is 14.9. The van der Waals surface area contributed by atoms with E-state index in [1.54, 1.807) is 12.1 Å². The van der Waals surface area contributed by atoms with Crippen molar-refractivity contribution >= 4 is 5.65 Å². The smallest absolute Gasteiger partial charge is 0.204 e. The fourth-order valence-electron chi connectivity index (χ4n) is 2.40. The van der Waals surface area contributed by atoms with Crippen molar-refractivity contribution in [1.29, 1.82) is 0 Å². The molecule has 3 aromatic heterocycles. The number of imidazole rings is 1. The normalized spacial score (nSPS) is 11.2. The molecule has 0 unspecified atom stereocenters. The first-order chi connectivity index (χ1) is 11.2. The minimum atomic E-state index is -0.291. The monoisotopic (exact) mass is 308 g/mol. The third kappa shape index (κ3) is 2.68. The number of hydrogen-bond acceptors (Lipinski definition) is 4. The Morgan fingerprint density at radius 1 is 1.04 bits per heavy atom. The number of halogens is 1. The minimum absolute atomic E-state index is 0.291. The van der Waals surface area contributed by atoms with Crippen LogP contribution >= 0.6 is 0 Å². The molecule has 0 atom stereocenters. The molecule has 0 fully saturated rings. The van der Waals surface area contributed by atoms with Crippen molar-refractivity contribution in [1.82, 2.24) is 29.6 Å². The number of pyridine rings is 1. The topological polar surface area (TPSA) is 60.9 Å². The highest BCUT2D eigenvalue weighted by Gasteiger charge is 2.08. The molecule has 0 aliphatic carbocycles. The van der Waals surface area contributed by atoms with Crippen molar-refractivity contribution in [3.63, 3.8) is 0 Å². The number of aromatic nitrogens is 6. The standard InChI is InChI=1S/C16H13FN6/c1-11-2-7-15-18-14(9-22(15)8-11)10-23-20-16(19-21-23)12-3-5-13(17)6-4-12/h2-9H,10H2,1H3. The largest absolute Gasteiger partial charge is 0.306 e. The lowest BCUT2D eigenvalue weighted by Gasteiger charge is -1.94. The molecule has 114 valence electrons. The molecule has 4 aromatic rings. The van der Waals surface area contributed by atoms with Gasteiger partial charge in [0.05, 0.1) is 5.69 Å². The highest BCUT2D eigenvalue weighted by molar-refractivity contribution is 5.53. The highest BCUT2D eigenvalue weighted by atomic mass is 19.1. The van der Waals surface area contributed by atoms with E-state index in [2.05, 4.69) is 20.4 Å². The first kappa shape index (κ1) is 13.6. The molecule has 0 saturated carbocycles. The highest BCUT2D eigenvalue weighted by Crippen LogP contribution is 2.14. The Bertz CT molecular complexity index is 970. The van der Waals surface area contributed by atoms with Gasteiger partial charge in [0, 0.05) is 18.0 Å². The van der Waals surface area contributed by atoms with Crippen LogP contribution in [-0.2, 0) is 6.54 Å². The molecule has 7 heteroatoms. The molecule has 3 heterocycles. The summed E-state index contributed by atoms with van der Waals surface area (Å²) in [5.41, 5.74) is 3.62. The lowest BCUT2D eigenvalue weighted by Crippen LogP contribution is -2.04. The molecule has 0 aliphatic rings. The Morgan fingerprint density at radius 3 is 2.70 bits per heavy atom. The summed E-state index contributed by atoms with van der Waals surface area (Å²) in [4.78, 5) is 6.01. The SMILES string of the molecule is Cc1ccc2nc(Cn3nnc(-c4ccc(F)cc4)n3)cn2c1. The van der Waals surface area contributed by atoms with E-state index in [1.165, 1.54) is 22.5 Å². The van der Waals surface area contributed by atoms with Crippen LogP contribution in [-0.4, -0.2) is 29.6 Å². The number of tetrazole rings is 1. The summed E-state index contributed by atoms with van der Waals surface area (Å²) in [6.07, 6.45) is 3.97. The molecule has 4 rings (SSSR count). The van der Waals surface area contributed by atoms with E-state index in [0.717, 1.165) is 16.9 Å². The van der Waals surface area contributed by atoms with Gasteiger partial charge in [-0.1, -0.05) is 6.07 Å². The molecule has 0 N–H and O–H groups in total. The molecule has 1 aromatic carbocycles. The van der Waals surface area contributed by atoms with E-state index in [4.69, 9.17) is 0 Å². The Morgan fingerprint density at radius 2 is 1.87 bits per heavy atom. The number of fused-ring (bicyclic) bond motifs is 1. The second-order valence-electron chi connectivity index (χ2n) is 5.35. The van der Waals surface area contributed by atoms with Crippen molar-refractivity contribution in [3.05, 3.63) is 65.9 Å². The third-order valence-electron chi connectivity index (χ3n) is 3.51. The second kappa shape index (κ2) is 5.28. The fourth-order valence-corrected chi connectivity index (χ4v) is 2.40. The second-order valence-corrected chi connectivity index (χ2v) is 5.35. The molecule has 0 radical (unpaired) electrons. The quantitative estimate of drug-likeness (QED) is 0.583. The van der Waals surface area contributed by atoms with Gasteiger partial charge in [-0.25, -0.2) is 9.37 Å². The molecule has 6 nitrogen and oxygen atoms in total. The van der Waals surface area contributed by atoms with Crippen molar-refractivity contribution in [2.45, 2.75) is 13.5 Å². The van der Waals surface area contributed by atoms with Gasteiger partial charge in [0.25, 0.3) is 0 Å². The van der Waals surface area contributed by atoms with Crippen LogP contribution in [0, 0.1) is 12.7 Å². The van der Waals surface area contributed by atoms with Gasteiger partial charge in [-0.2, -0.15) is 4.80 Å². The van der Waals surface area contributed by atoms with Crippen molar-refractivity contribution in [2.24, 2.45) is 0 Å². The number of rotatable bonds is 3. The molecule has 0 amide bonds. The van der Waals surface area contributed by atoms with Crippen LogP contribution in [0.4, 0.5) is 4.39 Å². The van der Waals surface area contributed by atoms with E-state index in [-0.39, 0.29) is 5.82 Å². The van der Waals surface area contributed by atoms with Crippen LogP contribution < -0.4 is 0 Å². The van der Waals surface area contributed by atoms with E-state index >= 15 is 0 Å². The molecule has 0 saturated heterocycles. The van der Waals surface area contributed by atoms with E-state index in [0.29, 0.717) is 12.4 Å². The van der Waals surface area contributed by atoms with Crippen LogP contribution in [0.5, 0.6) is 0 Å². The minimum Gasteiger partial charge on any atom is -0.306 e. The number of aryl methyl sites for hydroxylation is 1. The Kier molecular flexibility index (Phi) is 3.11. The first-order valence-electron chi connectivity index (χ1n) is 7.15. The summed E-state index contributed by atoms with van der Waals surface area (Å²) in [5.74, 6) is 0.172. The zero-order chi connectivity index (χ0) is 15.8. The van der Waals surface area contributed by atoms with E-state index in [9.17, 15) is 4.39 Å². The lowest BCUT2D eigenvalue weighted by atomic mass is 10.2. The van der Waals surface area contributed by atoms with Crippen molar-refractivity contribution < 1.29 is 4.39 Å². The maximum atomic E-state index is 13.0. The predicted molar refractivity (Wildman–Crippen MR) is 82.2 cm³/mol. The predicted octanol–water partition coefficient (Wildman–Crippen LogP) is 2.48. The van der Waals surface area contributed by atoms with Gasteiger partial charge in [0.15, 0.2) is 0 Å². The molecule has 0 bridgehead atoms. The van der Waals surface area contributed by atoms with Gasteiger partial charge in [-0.15, -0.1) is 10.2 Å². The Balaban J connectivity index is 1.60. The molecular formula is C16H13FN6. The Hall–Kier alpha value is -3.09. The first-order valence-corrected chi connectivity index (χ1v) is 7.15. The zero-order valence-electron chi connectivity index (χ0n) is 12.4. The van der Waals surface area contributed by atoms with E-state index in [1.807, 2.05) is 35.9 Å². The number of hydrogen-bond donors (Lipinski definition) is 0. The Labute approximate surface area is 131 Å². The van der Waals surface area contributed by atoms with Crippen LogP contribution in [0.15, 0.2) is 48.8 Å². The summed E-state index contributed by atoms with van der Waals surface area (Å²) in [5, 5.41) is 12.4. The van der Waals surface area contributed by atoms with Gasteiger partial charge >= 0.3 is 0 Å². The summed E-state index contributed by atoms with van der Waals surface area (Å²) in [6, 6.07) is 10.00. The van der Waals surface area contributed by atoms with Gasteiger partial charge in [0.2, 0.25) is 5.82 Å². The number of benzene rings is 1. The average Bonchev–Trinajstić information content (AvgIpc) is 3.14. The van der Waals surface area contributed by atoms with Crippen LogP contribution in [0.1, 0.15) is 11.3 Å². The summed E-state index contributed by atoms with van der Waals surface area (Å²) >= 11 is 0. The molecule has 0 aliphatic heterocycles. The number of nitrogens with zero attached hydrogens (tertiary/aromatic N) is 6. The van der Waals surface area contributed by atoms with Crippen molar-refractivity contribution in [3.8, 4) is 11.4 Å². The van der Waals surface area contributed by atoms with Gasteiger partial charge in [-0.3, -0.25) is 0 Å². The summed E-state index contributed by atoms with van der Waals surface area (Å²) in [7, 11) is 0. The van der Waals surface area contributed by atoms with Crippen LogP contribution in [0.3, 0.4) is 0 Å². The van der Waals surface area contributed by atoms with Gasteiger partial charge in [0.1, 0.15) is 18.0 Å². The average molecular weight is 308 g/mol. The van der Waals surface area contributed by atoms with Crippen LogP contribution in [0.25, 0.3) is 17.0 Å². The van der Waals surface area contributed by atoms with Gasteiger partial charge in [-0.05, 0) is 48.0 Å². The summed E-state index contributed by atoms with van der Waals surface area (Å²) in [6.45, 7) is 2.46.